The topological polar surface area (TPSA) is 39.2 Å². The number of hydrogen-bond donors (Lipinski definition) is 0. The van der Waals surface area contributed by atoms with Gasteiger partial charge < -0.3 is 4.74 Å². The van der Waals surface area contributed by atoms with Crippen LogP contribution in [0.4, 0.5) is 4.39 Å². The van der Waals surface area contributed by atoms with Gasteiger partial charge >= 0.3 is 5.97 Å². The lowest BCUT2D eigenvalue weighted by molar-refractivity contribution is -0.149. The fourth-order valence-electron chi connectivity index (χ4n) is 1.56. The average molecular weight is 233 g/mol. The van der Waals surface area contributed by atoms with E-state index in [-0.39, 0.29) is 12.3 Å². The SMILES string of the molecule is CCOC(=O)C(F)c1ccc2ccccc2n1. The van der Waals surface area contributed by atoms with E-state index in [2.05, 4.69) is 9.72 Å². The first-order chi connectivity index (χ1) is 8.22. The van der Waals surface area contributed by atoms with E-state index in [1.54, 1.807) is 19.1 Å². The maximum absolute atomic E-state index is 13.7. The molecular formula is C13H12FNO2. The summed E-state index contributed by atoms with van der Waals surface area (Å²) in [6, 6.07) is 10.6. The minimum atomic E-state index is -1.82. The Labute approximate surface area is 98.2 Å². The van der Waals surface area contributed by atoms with Crippen molar-refractivity contribution in [1.29, 1.82) is 0 Å². The Kier molecular flexibility index (Phi) is 3.32. The summed E-state index contributed by atoms with van der Waals surface area (Å²) in [5, 5.41) is 0.910. The highest BCUT2D eigenvalue weighted by Gasteiger charge is 2.22. The van der Waals surface area contributed by atoms with Crippen LogP contribution in [0.3, 0.4) is 0 Å². The molecule has 88 valence electrons. The van der Waals surface area contributed by atoms with Crippen molar-refractivity contribution in [3.8, 4) is 0 Å². The van der Waals surface area contributed by atoms with E-state index in [0.717, 1.165) is 5.39 Å². The van der Waals surface area contributed by atoms with E-state index in [1.165, 1.54) is 6.07 Å². The predicted octanol–water partition coefficient (Wildman–Crippen LogP) is 2.81. The van der Waals surface area contributed by atoms with Crippen LogP contribution in [-0.2, 0) is 9.53 Å². The number of hydrogen-bond acceptors (Lipinski definition) is 3. The smallest absolute Gasteiger partial charge is 0.347 e. The highest BCUT2D eigenvalue weighted by atomic mass is 19.1. The number of nitrogens with zero attached hydrogens (tertiary/aromatic N) is 1. The number of ether oxygens (including phenoxy) is 1. The lowest BCUT2D eigenvalue weighted by Crippen LogP contribution is -2.13. The molecule has 4 heteroatoms. The van der Waals surface area contributed by atoms with Crippen LogP contribution in [0.25, 0.3) is 10.9 Å². The zero-order chi connectivity index (χ0) is 12.3. The third-order valence-corrected chi connectivity index (χ3v) is 2.37. The third kappa shape index (κ3) is 2.41. The van der Waals surface area contributed by atoms with E-state index < -0.39 is 12.1 Å². The third-order valence-electron chi connectivity index (χ3n) is 2.37. The molecule has 0 aliphatic heterocycles. The van der Waals surface area contributed by atoms with Crippen LogP contribution >= 0.6 is 0 Å². The van der Waals surface area contributed by atoms with Gasteiger partial charge in [-0.3, -0.25) is 0 Å². The van der Waals surface area contributed by atoms with Gasteiger partial charge in [0.05, 0.1) is 17.8 Å². The molecule has 2 aromatic rings. The Morgan fingerprint density at radius 2 is 2.12 bits per heavy atom. The van der Waals surface area contributed by atoms with E-state index in [4.69, 9.17) is 0 Å². The van der Waals surface area contributed by atoms with Crippen molar-refractivity contribution in [3.05, 3.63) is 42.1 Å². The van der Waals surface area contributed by atoms with Crippen LogP contribution in [0.15, 0.2) is 36.4 Å². The van der Waals surface area contributed by atoms with E-state index >= 15 is 0 Å². The van der Waals surface area contributed by atoms with Gasteiger partial charge in [0, 0.05) is 5.39 Å². The molecule has 0 fully saturated rings. The summed E-state index contributed by atoms with van der Waals surface area (Å²) >= 11 is 0. The second kappa shape index (κ2) is 4.91. The molecule has 0 spiro atoms. The first-order valence-corrected chi connectivity index (χ1v) is 5.38. The molecule has 0 aliphatic rings. The Hall–Kier alpha value is -1.97. The highest BCUT2D eigenvalue weighted by molar-refractivity contribution is 5.81. The standard InChI is InChI=1S/C13H12FNO2/c1-2-17-13(16)12(14)11-8-7-9-5-3-4-6-10(9)15-11/h3-8,12H,2H2,1H3. The van der Waals surface area contributed by atoms with Crippen LogP contribution < -0.4 is 0 Å². The van der Waals surface area contributed by atoms with E-state index in [9.17, 15) is 9.18 Å². The van der Waals surface area contributed by atoms with Crippen molar-refractivity contribution in [2.75, 3.05) is 6.61 Å². The number of aromatic nitrogens is 1. The molecule has 0 saturated carbocycles. The largest absolute Gasteiger partial charge is 0.464 e. The lowest BCUT2D eigenvalue weighted by atomic mass is 10.1. The maximum Gasteiger partial charge on any atom is 0.347 e. The Balaban J connectivity index is 2.32. The lowest BCUT2D eigenvalue weighted by Gasteiger charge is -2.07. The van der Waals surface area contributed by atoms with Crippen molar-refractivity contribution >= 4 is 16.9 Å². The van der Waals surface area contributed by atoms with Gasteiger partial charge in [0.2, 0.25) is 6.17 Å². The van der Waals surface area contributed by atoms with Crippen molar-refractivity contribution in [1.82, 2.24) is 4.98 Å². The molecule has 0 aliphatic carbocycles. The number of halogens is 1. The zero-order valence-corrected chi connectivity index (χ0v) is 9.39. The minimum absolute atomic E-state index is 0.0853. The molecule has 0 bridgehead atoms. The fourth-order valence-corrected chi connectivity index (χ4v) is 1.56. The molecule has 1 atom stereocenters. The van der Waals surface area contributed by atoms with Gasteiger partial charge in [0.1, 0.15) is 0 Å². The molecule has 1 aromatic heterocycles. The summed E-state index contributed by atoms with van der Waals surface area (Å²) in [5.74, 6) is -0.893. The fraction of sp³-hybridized carbons (Fsp3) is 0.231. The Morgan fingerprint density at radius 3 is 2.88 bits per heavy atom. The number of fused-ring (bicyclic) bond motifs is 1. The molecule has 1 heterocycles. The van der Waals surface area contributed by atoms with Crippen LogP contribution in [0, 0.1) is 0 Å². The first kappa shape index (κ1) is 11.5. The summed E-state index contributed by atoms with van der Waals surface area (Å²) in [6.07, 6.45) is -1.82. The Morgan fingerprint density at radius 1 is 1.35 bits per heavy atom. The van der Waals surface area contributed by atoms with Gasteiger partial charge in [-0.2, -0.15) is 0 Å². The molecule has 3 nitrogen and oxygen atoms in total. The number of rotatable bonds is 3. The predicted molar refractivity (Wildman–Crippen MR) is 62.2 cm³/mol. The quantitative estimate of drug-likeness (QED) is 0.765. The normalized spacial score (nSPS) is 12.4. The Bertz CT molecular complexity index is 542. The van der Waals surface area contributed by atoms with Crippen molar-refractivity contribution in [3.63, 3.8) is 0 Å². The van der Waals surface area contributed by atoms with E-state index in [1.807, 2.05) is 18.2 Å². The monoisotopic (exact) mass is 233 g/mol. The molecule has 1 aromatic carbocycles. The molecule has 0 N–H and O–H groups in total. The van der Waals surface area contributed by atoms with Gasteiger partial charge in [0.25, 0.3) is 0 Å². The van der Waals surface area contributed by atoms with Crippen molar-refractivity contribution < 1.29 is 13.9 Å². The number of benzene rings is 1. The molecule has 0 amide bonds. The van der Waals surface area contributed by atoms with Crippen molar-refractivity contribution in [2.24, 2.45) is 0 Å². The van der Waals surface area contributed by atoms with Crippen LogP contribution in [0.1, 0.15) is 18.8 Å². The zero-order valence-electron chi connectivity index (χ0n) is 9.39. The molecule has 0 radical (unpaired) electrons. The summed E-state index contributed by atoms with van der Waals surface area (Å²) in [7, 11) is 0. The van der Waals surface area contributed by atoms with Gasteiger partial charge in [-0.05, 0) is 19.1 Å². The minimum Gasteiger partial charge on any atom is -0.464 e. The van der Waals surface area contributed by atoms with Gasteiger partial charge in [0.15, 0.2) is 0 Å². The summed E-state index contributed by atoms with van der Waals surface area (Å²) in [5.41, 5.74) is 0.749. The van der Waals surface area contributed by atoms with Gasteiger partial charge in [-0.25, -0.2) is 14.2 Å². The summed E-state index contributed by atoms with van der Waals surface area (Å²) < 4.78 is 18.3. The molecule has 2 rings (SSSR count). The molecular weight excluding hydrogens is 221 g/mol. The highest BCUT2D eigenvalue weighted by Crippen LogP contribution is 2.20. The van der Waals surface area contributed by atoms with Crippen LogP contribution in [0.2, 0.25) is 0 Å². The summed E-state index contributed by atoms with van der Waals surface area (Å²) in [6.45, 7) is 1.80. The first-order valence-electron chi connectivity index (χ1n) is 5.38. The maximum atomic E-state index is 13.7. The molecule has 17 heavy (non-hydrogen) atoms. The number of carbonyl (C=O) groups is 1. The summed E-state index contributed by atoms with van der Waals surface area (Å²) in [4.78, 5) is 15.3. The van der Waals surface area contributed by atoms with Crippen LogP contribution in [0.5, 0.6) is 0 Å². The number of pyridine rings is 1. The van der Waals surface area contributed by atoms with Gasteiger partial charge in [-0.1, -0.05) is 24.3 Å². The van der Waals surface area contributed by atoms with Crippen molar-refractivity contribution in [2.45, 2.75) is 13.1 Å². The second-order valence-electron chi connectivity index (χ2n) is 3.54. The number of esters is 1. The van der Waals surface area contributed by atoms with Crippen LogP contribution in [-0.4, -0.2) is 17.6 Å². The number of para-hydroxylation sites is 1. The second-order valence-corrected chi connectivity index (χ2v) is 3.54. The number of alkyl halides is 1. The number of carbonyl (C=O) groups excluding carboxylic acids is 1. The molecule has 0 saturated heterocycles. The van der Waals surface area contributed by atoms with Gasteiger partial charge in [-0.15, -0.1) is 0 Å². The molecule has 1 unspecified atom stereocenters. The van der Waals surface area contributed by atoms with E-state index in [0.29, 0.717) is 5.52 Å². The average Bonchev–Trinajstić information content (AvgIpc) is 2.37.